The van der Waals surface area contributed by atoms with Crippen molar-refractivity contribution in [2.75, 3.05) is 17.8 Å². The first-order valence-corrected chi connectivity index (χ1v) is 7.11. The Morgan fingerprint density at radius 3 is 2.60 bits per heavy atom. The first-order chi connectivity index (χ1) is 9.38. The molecule has 0 radical (unpaired) electrons. The maximum absolute atomic E-state index is 12.9. The topological polar surface area (TPSA) is 38.3 Å². The standard InChI is InChI=1S/C13H15BrF3NO2/c1-20-9-5-6-11(10(8-9)13(15,16)17)18-12(19)4-2-3-7-14/h5-6,8H,2-4,7H2,1H3,(H,18,19). The van der Waals surface area contributed by atoms with Crippen LogP contribution in [-0.4, -0.2) is 18.3 Å². The van der Waals surface area contributed by atoms with Crippen molar-refractivity contribution in [1.82, 2.24) is 0 Å². The van der Waals surface area contributed by atoms with Gasteiger partial charge in [-0.15, -0.1) is 0 Å². The van der Waals surface area contributed by atoms with Gasteiger partial charge in [0.2, 0.25) is 5.91 Å². The fourth-order valence-corrected chi connectivity index (χ4v) is 1.98. The molecule has 20 heavy (non-hydrogen) atoms. The Hall–Kier alpha value is -1.24. The summed E-state index contributed by atoms with van der Waals surface area (Å²) in [5, 5.41) is 3.06. The summed E-state index contributed by atoms with van der Waals surface area (Å²) in [4.78, 5) is 11.6. The average Bonchev–Trinajstić information content (AvgIpc) is 2.38. The Bertz CT molecular complexity index is 463. The highest BCUT2D eigenvalue weighted by Gasteiger charge is 2.34. The van der Waals surface area contributed by atoms with Crippen LogP contribution in [0.5, 0.6) is 5.75 Å². The van der Waals surface area contributed by atoms with Crippen LogP contribution in [0.4, 0.5) is 18.9 Å². The normalized spacial score (nSPS) is 11.2. The van der Waals surface area contributed by atoms with E-state index in [1.54, 1.807) is 0 Å². The predicted molar refractivity (Wildman–Crippen MR) is 74.3 cm³/mol. The number of benzene rings is 1. The van der Waals surface area contributed by atoms with Crippen molar-refractivity contribution < 1.29 is 22.7 Å². The van der Waals surface area contributed by atoms with E-state index in [1.165, 1.54) is 19.2 Å². The number of ether oxygens (including phenoxy) is 1. The van der Waals surface area contributed by atoms with Crippen molar-refractivity contribution in [3.8, 4) is 5.75 Å². The Kier molecular flexibility index (Phi) is 6.32. The quantitative estimate of drug-likeness (QED) is 0.614. The van der Waals surface area contributed by atoms with Crippen molar-refractivity contribution in [2.45, 2.75) is 25.4 Å². The second-order valence-corrected chi connectivity index (χ2v) is 4.90. The van der Waals surface area contributed by atoms with Crippen LogP contribution in [0.3, 0.4) is 0 Å². The zero-order valence-corrected chi connectivity index (χ0v) is 12.5. The zero-order chi connectivity index (χ0) is 15.2. The molecule has 0 saturated heterocycles. The maximum Gasteiger partial charge on any atom is 0.418 e. The SMILES string of the molecule is COc1ccc(NC(=O)CCCCBr)c(C(F)(F)F)c1. The lowest BCUT2D eigenvalue weighted by atomic mass is 10.1. The van der Waals surface area contributed by atoms with Gasteiger partial charge in [-0.05, 0) is 31.0 Å². The third-order valence-electron chi connectivity index (χ3n) is 2.59. The summed E-state index contributed by atoms with van der Waals surface area (Å²) >= 11 is 3.23. The van der Waals surface area contributed by atoms with Crippen LogP contribution >= 0.6 is 15.9 Å². The lowest BCUT2D eigenvalue weighted by Gasteiger charge is -2.15. The number of hydrogen-bond acceptors (Lipinski definition) is 2. The van der Waals surface area contributed by atoms with E-state index in [9.17, 15) is 18.0 Å². The van der Waals surface area contributed by atoms with Gasteiger partial charge in [-0.25, -0.2) is 0 Å². The molecule has 1 aromatic rings. The molecule has 1 rings (SSSR count). The molecule has 0 aliphatic carbocycles. The summed E-state index contributed by atoms with van der Waals surface area (Å²) in [7, 11) is 1.29. The number of rotatable bonds is 6. The van der Waals surface area contributed by atoms with Gasteiger partial charge in [0.25, 0.3) is 0 Å². The number of anilines is 1. The molecule has 3 nitrogen and oxygen atoms in total. The van der Waals surface area contributed by atoms with Crippen LogP contribution in [0, 0.1) is 0 Å². The van der Waals surface area contributed by atoms with Gasteiger partial charge >= 0.3 is 6.18 Å². The number of carbonyl (C=O) groups is 1. The number of nitrogens with one attached hydrogen (secondary N) is 1. The number of methoxy groups -OCH3 is 1. The minimum atomic E-state index is -4.55. The van der Waals surface area contributed by atoms with Crippen molar-refractivity contribution in [3.05, 3.63) is 23.8 Å². The monoisotopic (exact) mass is 353 g/mol. The molecule has 0 bridgehead atoms. The summed E-state index contributed by atoms with van der Waals surface area (Å²) < 4.78 is 43.5. The van der Waals surface area contributed by atoms with E-state index in [-0.39, 0.29) is 17.9 Å². The molecule has 0 aromatic heterocycles. The van der Waals surface area contributed by atoms with Gasteiger partial charge in [0.05, 0.1) is 18.4 Å². The Labute approximate surface area is 123 Å². The van der Waals surface area contributed by atoms with E-state index in [4.69, 9.17) is 4.74 Å². The van der Waals surface area contributed by atoms with E-state index < -0.39 is 17.6 Å². The number of unbranched alkanes of at least 4 members (excludes halogenated alkanes) is 1. The van der Waals surface area contributed by atoms with Crippen LogP contribution in [0.25, 0.3) is 0 Å². The molecular weight excluding hydrogens is 339 g/mol. The van der Waals surface area contributed by atoms with E-state index in [2.05, 4.69) is 21.2 Å². The average molecular weight is 354 g/mol. The molecule has 0 aliphatic heterocycles. The Balaban J connectivity index is 2.86. The summed E-state index contributed by atoms with van der Waals surface area (Å²) in [5.74, 6) is -0.337. The van der Waals surface area contributed by atoms with Gasteiger partial charge in [-0.2, -0.15) is 13.2 Å². The van der Waals surface area contributed by atoms with Gasteiger partial charge in [0.1, 0.15) is 5.75 Å². The number of halogens is 4. The second kappa shape index (κ2) is 7.52. The molecule has 0 heterocycles. The van der Waals surface area contributed by atoms with E-state index in [0.29, 0.717) is 6.42 Å². The Morgan fingerprint density at radius 1 is 1.35 bits per heavy atom. The highest BCUT2D eigenvalue weighted by molar-refractivity contribution is 9.09. The Morgan fingerprint density at radius 2 is 2.05 bits per heavy atom. The number of alkyl halides is 4. The lowest BCUT2D eigenvalue weighted by molar-refractivity contribution is -0.137. The van der Waals surface area contributed by atoms with Crippen LogP contribution in [-0.2, 0) is 11.0 Å². The van der Waals surface area contributed by atoms with E-state index >= 15 is 0 Å². The molecule has 0 atom stereocenters. The molecule has 0 unspecified atom stereocenters. The smallest absolute Gasteiger partial charge is 0.418 e. The van der Waals surface area contributed by atoms with Gasteiger partial charge in [-0.1, -0.05) is 15.9 Å². The van der Waals surface area contributed by atoms with E-state index in [0.717, 1.165) is 17.8 Å². The van der Waals surface area contributed by atoms with Crippen LogP contribution in [0.2, 0.25) is 0 Å². The fourth-order valence-electron chi connectivity index (χ4n) is 1.59. The van der Waals surface area contributed by atoms with Gasteiger partial charge in [-0.3, -0.25) is 4.79 Å². The number of hydrogen-bond donors (Lipinski definition) is 1. The first-order valence-electron chi connectivity index (χ1n) is 5.99. The molecule has 0 saturated carbocycles. The molecule has 0 fully saturated rings. The van der Waals surface area contributed by atoms with Crippen molar-refractivity contribution in [1.29, 1.82) is 0 Å². The molecule has 1 N–H and O–H groups in total. The minimum Gasteiger partial charge on any atom is -0.497 e. The molecule has 1 aromatic carbocycles. The van der Waals surface area contributed by atoms with Gasteiger partial charge < -0.3 is 10.1 Å². The first kappa shape index (κ1) is 16.8. The van der Waals surface area contributed by atoms with Crippen molar-refractivity contribution in [3.63, 3.8) is 0 Å². The molecule has 0 spiro atoms. The summed E-state index contributed by atoms with van der Waals surface area (Å²) in [6.07, 6.45) is -2.95. The summed E-state index contributed by atoms with van der Waals surface area (Å²) in [6.45, 7) is 0. The minimum absolute atomic E-state index is 0.0922. The molecule has 112 valence electrons. The molecule has 0 aliphatic rings. The van der Waals surface area contributed by atoms with Gasteiger partial charge in [0, 0.05) is 11.8 Å². The van der Waals surface area contributed by atoms with Crippen molar-refractivity contribution >= 4 is 27.5 Å². The predicted octanol–water partition coefficient (Wildman–Crippen LogP) is 4.22. The largest absolute Gasteiger partial charge is 0.497 e. The molecule has 1 amide bonds. The fraction of sp³-hybridized carbons (Fsp3) is 0.462. The number of carbonyl (C=O) groups excluding carboxylic acids is 1. The van der Waals surface area contributed by atoms with Crippen LogP contribution in [0.1, 0.15) is 24.8 Å². The third-order valence-corrected chi connectivity index (χ3v) is 3.15. The van der Waals surface area contributed by atoms with Crippen LogP contribution in [0.15, 0.2) is 18.2 Å². The lowest BCUT2D eigenvalue weighted by Crippen LogP contribution is -2.16. The van der Waals surface area contributed by atoms with Gasteiger partial charge in [0.15, 0.2) is 0 Å². The molecular formula is C13H15BrF3NO2. The number of amides is 1. The summed E-state index contributed by atoms with van der Waals surface area (Å²) in [5.41, 5.74) is -1.16. The highest BCUT2D eigenvalue weighted by Crippen LogP contribution is 2.37. The van der Waals surface area contributed by atoms with E-state index in [1.807, 2.05) is 0 Å². The molecule has 7 heteroatoms. The van der Waals surface area contributed by atoms with Crippen molar-refractivity contribution in [2.24, 2.45) is 0 Å². The second-order valence-electron chi connectivity index (χ2n) is 4.10. The summed E-state index contributed by atoms with van der Waals surface area (Å²) in [6, 6.07) is 3.45. The zero-order valence-electron chi connectivity index (χ0n) is 10.9. The van der Waals surface area contributed by atoms with Crippen LogP contribution < -0.4 is 10.1 Å². The highest BCUT2D eigenvalue weighted by atomic mass is 79.9. The third kappa shape index (κ3) is 5.03. The maximum atomic E-state index is 12.9.